The number of aryl methyl sites for hydroxylation is 1. The first-order chi connectivity index (χ1) is 9.88. The number of hydrogen-bond donors (Lipinski definition) is 1. The number of thiazole rings is 1. The zero-order chi connectivity index (χ0) is 13.8. The third kappa shape index (κ3) is 2.68. The smallest absolute Gasteiger partial charge is 0.237 e. The summed E-state index contributed by atoms with van der Waals surface area (Å²) in [5, 5.41) is 9.64. The Morgan fingerprint density at radius 1 is 1.40 bits per heavy atom. The topological polar surface area (TPSA) is 56.4 Å². The van der Waals surface area contributed by atoms with Crippen molar-refractivity contribution in [2.24, 2.45) is 0 Å². The SMILES string of the molecule is COc1nc2sccn2c1CNCCCn1cccn1. The molecule has 0 bridgehead atoms. The van der Waals surface area contributed by atoms with Gasteiger partial charge in [-0.15, -0.1) is 11.3 Å². The van der Waals surface area contributed by atoms with Crippen LogP contribution in [0.4, 0.5) is 0 Å². The van der Waals surface area contributed by atoms with E-state index in [2.05, 4.69) is 19.8 Å². The molecule has 106 valence electrons. The summed E-state index contributed by atoms with van der Waals surface area (Å²) in [6, 6.07) is 1.94. The molecule has 1 N–H and O–H groups in total. The van der Waals surface area contributed by atoms with Gasteiger partial charge in [-0.1, -0.05) is 0 Å². The third-order valence-electron chi connectivity index (χ3n) is 3.11. The number of nitrogens with zero attached hydrogens (tertiary/aromatic N) is 4. The van der Waals surface area contributed by atoms with E-state index in [1.54, 1.807) is 24.6 Å². The number of imidazole rings is 1. The Balaban J connectivity index is 1.53. The number of aromatic nitrogens is 4. The molecule has 7 heteroatoms. The molecule has 0 aromatic carbocycles. The van der Waals surface area contributed by atoms with E-state index in [4.69, 9.17) is 4.74 Å². The number of hydrogen-bond acceptors (Lipinski definition) is 5. The van der Waals surface area contributed by atoms with Crippen molar-refractivity contribution < 1.29 is 4.74 Å². The van der Waals surface area contributed by atoms with Crippen molar-refractivity contribution in [3.8, 4) is 5.88 Å². The van der Waals surface area contributed by atoms with Gasteiger partial charge in [0.15, 0.2) is 4.96 Å². The summed E-state index contributed by atoms with van der Waals surface area (Å²) in [5.74, 6) is 0.705. The van der Waals surface area contributed by atoms with Crippen LogP contribution in [-0.2, 0) is 13.1 Å². The first-order valence-corrected chi connectivity index (χ1v) is 7.43. The molecule has 0 spiro atoms. The monoisotopic (exact) mass is 291 g/mol. The highest BCUT2D eigenvalue weighted by atomic mass is 32.1. The molecule has 0 saturated carbocycles. The van der Waals surface area contributed by atoms with Crippen molar-refractivity contribution in [3.63, 3.8) is 0 Å². The Labute approximate surface area is 121 Å². The van der Waals surface area contributed by atoms with E-state index >= 15 is 0 Å². The molecule has 0 unspecified atom stereocenters. The molecular formula is C13H17N5OS. The van der Waals surface area contributed by atoms with Crippen LogP contribution in [0.2, 0.25) is 0 Å². The van der Waals surface area contributed by atoms with Crippen LogP contribution in [0.15, 0.2) is 30.0 Å². The maximum atomic E-state index is 5.33. The second-order valence-corrected chi connectivity index (χ2v) is 5.30. The van der Waals surface area contributed by atoms with Gasteiger partial charge in [-0.25, -0.2) is 0 Å². The van der Waals surface area contributed by atoms with Crippen molar-refractivity contribution >= 4 is 16.3 Å². The molecule has 0 radical (unpaired) electrons. The van der Waals surface area contributed by atoms with Gasteiger partial charge < -0.3 is 10.1 Å². The van der Waals surface area contributed by atoms with Crippen LogP contribution in [0.1, 0.15) is 12.1 Å². The second-order valence-electron chi connectivity index (χ2n) is 4.42. The summed E-state index contributed by atoms with van der Waals surface area (Å²) in [6.45, 7) is 2.61. The summed E-state index contributed by atoms with van der Waals surface area (Å²) < 4.78 is 9.34. The maximum Gasteiger partial charge on any atom is 0.237 e. The largest absolute Gasteiger partial charge is 0.480 e. The van der Waals surface area contributed by atoms with Gasteiger partial charge in [0.1, 0.15) is 5.69 Å². The van der Waals surface area contributed by atoms with Crippen molar-refractivity contribution in [2.45, 2.75) is 19.5 Å². The lowest BCUT2D eigenvalue weighted by Gasteiger charge is -2.06. The first-order valence-electron chi connectivity index (χ1n) is 6.55. The molecule has 3 rings (SSSR count). The fourth-order valence-corrected chi connectivity index (χ4v) is 2.87. The van der Waals surface area contributed by atoms with Crippen LogP contribution in [0.5, 0.6) is 5.88 Å². The number of rotatable bonds is 7. The minimum Gasteiger partial charge on any atom is -0.480 e. The number of methoxy groups -OCH3 is 1. The average molecular weight is 291 g/mol. The van der Waals surface area contributed by atoms with Crippen molar-refractivity contribution in [1.82, 2.24) is 24.5 Å². The van der Waals surface area contributed by atoms with E-state index in [0.717, 1.165) is 36.7 Å². The summed E-state index contributed by atoms with van der Waals surface area (Å²) >= 11 is 1.61. The minimum atomic E-state index is 0.705. The number of nitrogens with one attached hydrogen (secondary N) is 1. The van der Waals surface area contributed by atoms with Crippen molar-refractivity contribution in [1.29, 1.82) is 0 Å². The third-order valence-corrected chi connectivity index (χ3v) is 3.87. The molecule has 0 aliphatic rings. The van der Waals surface area contributed by atoms with Crippen molar-refractivity contribution in [2.75, 3.05) is 13.7 Å². The Bertz CT molecular complexity index is 657. The summed E-state index contributed by atoms with van der Waals surface area (Å²) in [4.78, 5) is 5.40. The molecule has 0 saturated heterocycles. The lowest BCUT2D eigenvalue weighted by Crippen LogP contribution is -2.18. The molecule has 3 aromatic rings. The molecule has 0 amide bonds. The highest BCUT2D eigenvalue weighted by molar-refractivity contribution is 7.15. The van der Waals surface area contributed by atoms with E-state index in [9.17, 15) is 0 Å². The van der Waals surface area contributed by atoms with Gasteiger partial charge >= 0.3 is 0 Å². The molecule has 0 atom stereocenters. The van der Waals surface area contributed by atoms with E-state index in [-0.39, 0.29) is 0 Å². The standard InChI is InChI=1S/C13H17N5OS/c1-19-12-11(18-8-9-20-13(18)16-12)10-14-4-2-6-17-7-3-5-15-17/h3,5,7-9,14H,2,4,6,10H2,1H3. The minimum absolute atomic E-state index is 0.705. The van der Waals surface area contributed by atoms with Gasteiger partial charge in [-0.2, -0.15) is 10.1 Å². The quantitative estimate of drug-likeness (QED) is 0.674. The fourth-order valence-electron chi connectivity index (χ4n) is 2.14. The summed E-state index contributed by atoms with van der Waals surface area (Å²) in [7, 11) is 1.66. The molecular weight excluding hydrogens is 274 g/mol. The van der Waals surface area contributed by atoms with E-state index in [0.29, 0.717) is 5.88 Å². The van der Waals surface area contributed by atoms with Crippen LogP contribution >= 0.6 is 11.3 Å². The van der Waals surface area contributed by atoms with Gasteiger partial charge in [0.2, 0.25) is 5.88 Å². The van der Waals surface area contributed by atoms with Gasteiger partial charge in [-0.05, 0) is 19.0 Å². The first kappa shape index (κ1) is 13.1. The van der Waals surface area contributed by atoms with Crippen molar-refractivity contribution in [3.05, 3.63) is 35.7 Å². The highest BCUT2D eigenvalue weighted by Crippen LogP contribution is 2.22. The Morgan fingerprint density at radius 2 is 2.35 bits per heavy atom. The van der Waals surface area contributed by atoms with Crippen LogP contribution in [0, 0.1) is 0 Å². The predicted octanol–water partition coefficient (Wildman–Crippen LogP) is 1.78. The van der Waals surface area contributed by atoms with E-state index < -0.39 is 0 Å². The van der Waals surface area contributed by atoms with Crippen LogP contribution in [0.25, 0.3) is 4.96 Å². The Morgan fingerprint density at radius 3 is 3.15 bits per heavy atom. The van der Waals surface area contributed by atoms with Crippen LogP contribution in [0.3, 0.4) is 0 Å². The molecule has 0 fully saturated rings. The molecule has 20 heavy (non-hydrogen) atoms. The lowest BCUT2D eigenvalue weighted by molar-refractivity contribution is 0.392. The Kier molecular flexibility index (Phi) is 3.98. The lowest BCUT2D eigenvalue weighted by atomic mass is 10.4. The number of ether oxygens (including phenoxy) is 1. The van der Waals surface area contributed by atoms with Gasteiger partial charge in [0.25, 0.3) is 0 Å². The highest BCUT2D eigenvalue weighted by Gasteiger charge is 2.12. The van der Waals surface area contributed by atoms with Gasteiger partial charge in [-0.3, -0.25) is 9.08 Å². The zero-order valence-electron chi connectivity index (χ0n) is 11.3. The van der Waals surface area contributed by atoms with E-state index in [1.807, 2.05) is 28.5 Å². The maximum absolute atomic E-state index is 5.33. The second kappa shape index (κ2) is 6.06. The molecule has 0 aliphatic heterocycles. The molecule has 6 nitrogen and oxygen atoms in total. The summed E-state index contributed by atoms with van der Waals surface area (Å²) in [5.41, 5.74) is 1.07. The fraction of sp³-hybridized carbons (Fsp3) is 0.385. The van der Waals surface area contributed by atoms with Gasteiger partial charge in [0, 0.05) is 37.1 Å². The van der Waals surface area contributed by atoms with E-state index in [1.165, 1.54) is 0 Å². The average Bonchev–Trinajstić information content (AvgIpc) is 3.15. The van der Waals surface area contributed by atoms with Crippen LogP contribution in [-0.4, -0.2) is 32.8 Å². The van der Waals surface area contributed by atoms with Gasteiger partial charge in [0.05, 0.1) is 7.11 Å². The van der Waals surface area contributed by atoms with Crippen LogP contribution < -0.4 is 10.1 Å². The molecule has 3 aromatic heterocycles. The molecule has 3 heterocycles. The predicted molar refractivity (Wildman–Crippen MR) is 78.2 cm³/mol. The summed E-state index contributed by atoms with van der Waals surface area (Å²) in [6.07, 6.45) is 6.85. The normalized spacial score (nSPS) is 11.2. The Hall–Kier alpha value is -1.86. The molecule has 0 aliphatic carbocycles. The zero-order valence-corrected chi connectivity index (χ0v) is 12.1. The number of fused-ring (bicyclic) bond motifs is 1.